The van der Waals surface area contributed by atoms with Crippen LogP contribution in [0.25, 0.3) is 0 Å². The van der Waals surface area contributed by atoms with Crippen molar-refractivity contribution in [3.05, 3.63) is 33.3 Å². The lowest BCUT2D eigenvalue weighted by molar-refractivity contribution is 0.239. The van der Waals surface area contributed by atoms with Crippen LogP contribution in [0.1, 0.15) is 50.6 Å². The molecule has 0 bridgehead atoms. The zero-order valence-electron chi connectivity index (χ0n) is 10.8. The van der Waals surface area contributed by atoms with Gasteiger partial charge in [0.25, 0.3) is 0 Å². The average Bonchev–Trinajstić information content (AvgIpc) is 2.41. The van der Waals surface area contributed by atoms with Gasteiger partial charge in [0.2, 0.25) is 0 Å². The largest absolute Gasteiger partial charge is 0.324 e. The summed E-state index contributed by atoms with van der Waals surface area (Å²) in [4.78, 5) is 0. The Balaban J connectivity index is 2.07. The van der Waals surface area contributed by atoms with Crippen molar-refractivity contribution >= 4 is 27.5 Å². The average molecular weight is 331 g/mol. The molecule has 1 unspecified atom stereocenters. The summed E-state index contributed by atoms with van der Waals surface area (Å²) in [6, 6.07) is 6.00. The minimum atomic E-state index is 0.107. The molecule has 1 nitrogen and oxygen atoms in total. The van der Waals surface area contributed by atoms with Crippen LogP contribution in [-0.2, 0) is 0 Å². The first-order valence-electron chi connectivity index (χ1n) is 6.82. The predicted octanol–water partition coefficient (Wildman–Crippen LogP) is 5.32. The van der Waals surface area contributed by atoms with Crippen LogP contribution in [0.5, 0.6) is 0 Å². The van der Waals surface area contributed by atoms with Crippen LogP contribution < -0.4 is 5.73 Å². The van der Waals surface area contributed by atoms with Crippen LogP contribution in [0.3, 0.4) is 0 Å². The lowest BCUT2D eigenvalue weighted by atomic mass is 9.76. The van der Waals surface area contributed by atoms with Gasteiger partial charge in [-0.25, -0.2) is 0 Å². The van der Waals surface area contributed by atoms with Crippen molar-refractivity contribution in [2.75, 3.05) is 0 Å². The SMILES string of the molecule is CCC1CCC(C(N)c2cc(Cl)ccc2Br)CC1. The van der Waals surface area contributed by atoms with Crippen molar-refractivity contribution in [1.29, 1.82) is 0 Å². The molecule has 2 rings (SSSR count). The highest BCUT2D eigenvalue weighted by molar-refractivity contribution is 9.10. The maximum atomic E-state index is 6.44. The van der Waals surface area contributed by atoms with Crippen LogP contribution in [0.4, 0.5) is 0 Å². The predicted molar refractivity (Wildman–Crippen MR) is 81.8 cm³/mol. The fourth-order valence-electron chi connectivity index (χ4n) is 2.98. The Kier molecular flexibility index (Phi) is 5.11. The first kappa shape index (κ1) is 14.4. The third-order valence-electron chi connectivity index (χ3n) is 4.29. The van der Waals surface area contributed by atoms with Crippen molar-refractivity contribution in [3.8, 4) is 0 Å². The summed E-state index contributed by atoms with van der Waals surface area (Å²) in [5, 5.41) is 0.769. The Morgan fingerprint density at radius 3 is 2.61 bits per heavy atom. The highest BCUT2D eigenvalue weighted by atomic mass is 79.9. The molecule has 0 amide bonds. The molecule has 1 atom stereocenters. The van der Waals surface area contributed by atoms with Gasteiger partial charge in [0, 0.05) is 15.5 Å². The van der Waals surface area contributed by atoms with Crippen molar-refractivity contribution in [2.45, 2.75) is 45.1 Å². The van der Waals surface area contributed by atoms with Gasteiger partial charge in [-0.15, -0.1) is 0 Å². The molecule has 0 aromatic heterocycles. The lowest BCUT2D eigenvalue weighted by Gasteiger charge is -2.32. The Hall–Kier alpha value is -0.0500. The quantitative estimate of drug-likeness (QED) is 0.797. The van der Waals surface area contributed by atoms with Crippen LogP contribution in [0.2, 0.25) is 5.02 Å². The molecule has 1 fully saturated rings. The normalized spacial score (nSPS) is 26.0. The van der Waals surface area contributed by atoms with E-state index in [1.54, 1.807) is 0 Å². The number of hydrogen-bond donors (Lipinski definition) is 1. The molecule has 1 saturated carbocycles. The van der Waals surface area contributed by atoms with Crippen molar-refractivity contribution < 1.29 is 0 Å². The van der Waals surface area contributed by atoms with E-state index in [1.807, 2.05) is 18.2 Å². The van der Waals surface area contributed by atoms with Crippen LogP contribution in [0.15, 0.2) is 22.7 Å². The molecule has 1 aromatic rings. The Bertz CT molecular complexity index is 399. The highest BCUT2D eigenvalue weighted by Crippen LogP contribution is 2.39. The fraction of sp³-hybridized carbons (Fsp3) is 0.600. The number of rotatable bonds is 3. The van der Waals surface area contributed by atoms with Crippen molar-refractivity contribution in [1.82, 2.24) is 0 Å². The molecule has 1 aliphatic carbocycles. The molecular weight excluding hydrogens is 310 g/mol. The van der Waals surface area contributed by atoms with E-state index in [1.165, 1.54) is 32.1 Å². The number of nitrogens with two attached hydrogens (primary N) is 1. The van der Waals surface area contributed by atoms with E-state index in [9.17, 15) is 0 Å². The van der Waals surface area contributed by atoms with E-state index in [0.717, 1.165) is 21.0 Å². The van der Waals surface area contributed by atoms with Gasteiger partial charge >= 0.3 is 0 Å². The standard InChI is InChI=1S/C15H21BrClN/c1-2-10-3-5-11(6-4-10)15(18)13-9-12(17)7-8-14(13)16/h7-11,15H,2-6,18H2,1H3. The zero-order valence-corrected chi connectivity index (χ0v) is 13.2. The number of benzene rings is 1. The molecule has 2 N–H and O–H groups in total. The molecule has 1 aromatic carbocycles. The van der Waals surface area contributed by atoms with E-state index in [2.05, 4.69) is 22.9 Å². The van der Waals surface area contributed by atoms with Gasteiger partial charge in [0.15, 0.2) is 0 Å². The van der Waals surface area contributed by atoms with Gasteiger partial charge < -0.3 is 5.73 Å². The summed E-state index contributed by atoms with van der Waals surface area (Å²) in [5.74, 6) is 1.51. The summed E-state index contributed by atoms with van der Waals surface area (Å²) < 4.78 is 1.08. The molecule has 100 valence electrons. The topological polar surface area (TPSA) is 26.0 Å². The molecule has 0 saturated heterocycles. The monoisotopic (exact) mass is 329 g/mol. The molecule has 0 spiro atoms. The third-order valence-corrected chi connectivity index (χ3v) is 5.25. The first-order chi connectivity index (χ1) is 8.61. The number of halogens is 2. The van der Waals surface area contributed by atoms with Gasteiger partial charge in [-0.2, -0.15) is 0 Å². The Labute approximate surface area is 123 Å². The van der Waals surface area contributed by atoms with E-state index in [0.29, 0.717) is 5.92 Å². The molecule has 0 aliphatic heterocycles. The van der Waals surface area contributed by atoms with Gasteiger partial charge in [-0.05, 0) is 48.4 Å². The summed E-state index contributed by atoms with van der Waals surface area (Å²) in [5.41, 5.74) is 7.59. The van der Waals surface area contributed by atoms with E-state index >= 15 is 0 Å². The van der Waals surface area contributed by atoms with E-state index in [-0.39, 0.29) is 6.04 Å². The maximum Gasteiger partial charge on any atom is 0.0410 e. The maximum absolute atomic E-state index is 6.44. The van der Waals surface area contributed by atoms with E-state index < -0.39 is 0 Å². The molecule has 0 heterocycles. The zero-order chi connectivity index (χ0) is 13.1. The second-order valence-corrected chi connectivity index (χ2v) is 6.67. The molecule has 18 heavy (non-hydrogen) atoms. The van der Waals surface area contributed by atoms with Crippen LogP contribution >= 0.6 is 27.5 Å². The van der Waals surface area contributed by atoms with E-state index in [4.69, 9.17) is 17.3 Å². The lowest BCUT2D eigenvalue weighted by Crippen LogP contribution is -2.26. The molecule has 1 aliphatic rings. The highest BCUT2D eigenvalue weighted by Gasteiger charge is 2.26. The van der Waals surface area contributed by atoms with Crippen molar-refractivity contribution in [2.24, 2.45) is 17.6 Å². The van der Waals surface area contributed by atoms with Crippen LogP contribution in [0, 0.1) is 11.8 Å². The summed E-state index contributed by atoms with van der Waals surface area (Å²) in [7, 11) is 0. The number of hydrogen-bond acceptors (Lipinski definition) is 1. The van der Waals surface area contributed by atoms with Crippen LogP contribution in [-0.4, -0.2) is 0 Å². The summed E-state index contributed by atoms with van der Waals surface area (Å²) in [6.45, 7) is 2.29. The van der Waals surface area contributed by atoms with Crippen molar-refractivity contribution in [3.63, 3.8) is 0 Å². The van der Waals surface area contributed by atoms with Gasteiger partial charge in [-0.1, -0.05) is 53.7 Å². The third kappa shape index (κ3) is 3.28. The minimum absolute atomic E-state index is 0.107. The molecule has 3 heteroatoms. The first-order valence-corrected chi connectivity index (χ1v) is 7.99. The van der Waals surface area contributed by atoms with Gasteiger partial charge in [0.1, 0.15) is 0 Å². The molecule has 0 radical (unpaired) electrons. The van der Waals surface area contributed by atoms with Gasteiger partial charge in [-0.3, -0.25) is 0 Å². The van der Waals surface area contributed by atoms with Gasteiger partial charge in [0.05, 0.1) is 0 Å². The smallest absolute Gasteiger partial charge is 0.0410 e. The molecular formula is C15H21BrClN. The Morgan fingerprint density at radius 2 is 2.00 bits per heavy atom. The second-order valence-electron chi connectivity index (χ2n) is 5.38. The Morgan fingerprint density at radius 1 is 1.33 bits per heavy atom. The minimum Gasteiger partial charge on any atom is -0.324 e. The fourth-order valence-corrected chi connectivity index (χ4v) is 3.67. The summed E-state index contributed by atoms with van der Waals surface area (Å²) in [6.07, 6.45) is 6.46. The second kappa shape index (κ2) is 6.40. The summed E-state index contributed by atoms with van der Waals surface area (Å²) >= 11 is 9.65.